The second-order valence-electron chi connectivity index (χ2n) is 6.18. The highest BCUT2D eigenvalue weighted by molar-refractivity contribution is 7.14. The van der Waals surface area contributed by atoms with Gasteiger partial charge in [0.1, 0.15) is 18.2 Å². The Kier molecular flexibility index (Phi) is 5.40. The molecule has 0 N–H and O–H groups in total. The Morgan fingerprint density at radius 3 is 2.93 bits per heavy atom. The van der Waals surface area contributed by atoms with Gasteiger partial charge in [-0.2, -0.15) is 11.3 Å². The summed E-state index contributed by atoms with van der Waals surface area (Å²) in [6.45, 7) is 4.22. The maximum absolute atomic E-state index is 12.8. The van der Waals surface area contributed by atoms with Crippen molar-refractivity contribution in [2.24, 2.45) is 0 Å². The van der Waals surface area contributed by atoms with Gasteiger partial charge >= 0.3 is 0 Å². The van der Waals surface area contributed by atoms with Gasteiger partial charge in [0.25, 0.3) is 0 Å². The molecule has 0 saturated heterocycles. The van der Waals surface area contributed by atoms with Crippen LogP contribution in [0.2, 0.25) is 0 Å². The molecule has 27 heavy (non-hydrogen) atoms. The average Bonchev–Trinajstić information content (AvgIpc) is 3.37. The molecule has 0 bridgehead atoms. The minimum Gasteiger partial charge on any atom is -0.486 e. The quantitative estimate of drug-likeness (QED) is 0.621. The lowest BCUT2D eigenvalue weighted by molar-refractivity contribution is -0.130. The first-order valence-corrected chi connectivity index (χ1v) is 10.7. The van der Waals surface area contributed by atoms with E-state index >= 15 is 0 Å². The Labute approximate surface area is 166 Å². The van der Waals surface area contributed by atoms with Crippen molar-refractivity contribution >= 4 is 28.6 Å². The molecule has 2 aromatic heterocycles. The topological polar surface area (TPSA) is 51.7 Å². The second-order valence-corrected chi connectivity index (χ2v) is 7.82. The van der Waals surface area contributed by atoms with Crippen molar-refractivity contribution in [1.82, 2.24) is 9.88 Å². The predicted octanol–water partition coefficient (Wildman–Crippen LogP) is 4.23. The van der Waals surface area contributed by atoms with Crippen molar-refractivity contribution < 1.29 is 14.3 Å². The summed E-state index contributed by atoms with van der Waals surface area (Å²) >= 11 is 3.23. The van der Waals surface area contributed by atoms with Crippen LogP contribution in [0.25, 0.3) is 10.6 Å². The van der Waals surface area contributed by atoms with Crippen molar-refractivity contribution in [2.75, 3.05) is 19.8 Å². The van der Waals surface area contributed by atoms with Crippen molar-refractivity contribution in [3.8, 4) is 22.1 Å². The summed E-state index contributed by atoms with van der Waals surface area (Å²) in [7, 11) is 0. The zero-order valence-corrected chi connectivity index (χ0v) is 16.6. The van der Waals surface area contributed by atoms with Crippen LogP contribution in [0.4, 0.5) is 0 Å². The summed E-state index contributed by atoms with van der Waals surface area (Å²) in [5.74, 6) is 1.57. The number of amides is 1. The second kappa shape index (κ2) is 8.10. The monoisotopic (exact) mass is 400 g/mol. The fraction of sp³-hybridized carbons (Fsp3) is 0.300. The average molecular weight is 401 g/mol. The van der Waals surface area contributed by atoms with Gasteiger partial charge in [-0.05, 0) is 24.4 Å². The van der Waals surface area contributed by atoms with Gasteiger partial charge in [-0.15, -0.1) is 11.3 Å². The van der Waals surface area contributed by atoms with E-state index in [1.54, 1.807) is 22.7 Å². The highest BCUT2D eigenvalue weighted by atomic mass is 32.1. The highest BCUT2D eigenvalue weighted by Crippen LogP contribution is 2.34. The van der Waals surface area contributed by atoms with Crippen LogP contribution in [0.5, 0.6) is 11.5 Å². The molecule has 5 nitrogen and oxygen atoms in total. The molecule has 0 radical (unpaired) electrons. The third kappa shape index (κ3) is 3.99. The summed E-state index contributed by atoms with van der Waals surface area (Å²) in [6, 6.07) is 7.88. The lowest BCUT2D eigenvalue weighted by atomic mass is 10.1. The van der Waals surface area contributed by atoms with Crippen LogP contribution in [0.15, 0.2) is 40.4 Å². The SMILES string of the molecule is CCN(Cc1cccc2c1OCCO2)C(=O)Cc1csc(-c2ccsc2)n1. The predicted molar refractivity (Wildman–Crippen MR) is 108 cm³/mol. The summed E-state index contributed by atoms with van der Waals surface area (Å²) in [4.78, 5) is 19.3. The Bertz CT molecular complexity index is 921. The molecule has 0 unspecified atom stereocenters. The molecule has 0 atom stereocenters. The van der Waals surface area contributed by atoms with Crippen LogP contribution in [-0.4, -0.2) is 35.5 Å². The van der Waals surface area contributed by atoms with Gasteiger partial charge in [0.05, 0.1) is 12.1 Å². The highest BCUT2D eigenvalue weighted by Gasteiger charge is 2.20. The van der Waals surface area contributed by atoms with Crippen molar-refractivity contribution in [3.05, 3.63) is 51.7 Å². The number of benzene rings is 1. The standard InChI is InChI=1S/C20H20N2O3S2/c1-2-22(11-14-4-3-5-17-19(14)25-8-7-24-17)18(23)10-16-13-27-20(21-16)15-6-9-26-12-15/h3-6,9,12-13H,2,7-8,10-11H2,1H3. The fourth-order valence-corrected chi connectivity index (χ4v) is 4.55. The third-order valence-corrected chi connectivity index (χ3v) is 6.02. The molecule has 1 aliphatic heterocycles. The molecular formula is C20H20N2O3S2. The minimum atomic E-state index is 0.0639. The largest absolute Gasteiger partial charge is 0.486 e. The van der Waals surface area contributed by atoms with Gasteiger partial charge < -0.3 is 14.4 Å². The number of aromatic nitrogens is 1. The molecule has 4 rings (SSSR count). The molecule has 0 aliphatic carbocycles. The van der Waals surface area contributed by atoms with Crippen molar-refractivity contribution in [2.45, 2.75) is 19.9 Å². The van der Waals surface area contributed by atoms with Gasteiger partial charge in [0, 0.05) is 35.0 Å². The van der Waals surface area contributed by atoms with Crippen LogP contribution in [0.1, 0.15) is 18.2 Å². The van der Waals surface area contributed by atoms with Crippen LogP contribution < -0.4 is 9.47 Å². The van der Waals surface area contributed by atoms with E-state index in [1.165, 1.54) is 0 Å². The zero-order valence-electron chi connectivity index (χ0n) is 15.0. The molecule has 1 amide bonds. The van der Waals surface area contributed by atoms with Crippen LogP contribution in [0, 0.1) is 0 Å². The number of fused-ring (bicyclic) bond motifs is 1. The van der Waals surface area contributed by atoms with Gasteiger partial charge in [-0.25, -0.2) is 4.98 Å². The number of ether oxygens (including phenoxy) is 2. The number of nitrogens with zero attached hydrogens (tertiary/aromatic N) is 2. The summed E-state index contributed by atoms with van der Waals surface area (Å²) in [5, 5.41) is 7.04. The van der Waals surface area contributed by atoms with Gasteiger partial charge in [-0.1, -0.05) is 12.1 Å². The van der Waals surface area contributed by atoms with Crippen LogP contribution in [-0.2, 0) is 17.8 Å². The Hall–Kier alpha value is -2.38. The number of carbonyl (C=O) groups is 1. The molecule has 140 valence electrons. The van der Waals surface area contributed by atoms with E-state index in [-0.39, 0.29) is 5.91 Å². The van der Waals surface area contributed by atoms with Gasteiger partial charge in [-0.3, -0.25) is 4.79 Å². The number of thiazole rings is 1. The number of para-hydroxylation sites is 1. The van der Waals surface area contributed by atoms with E-state index in [0.29, 0.717) is 32.7 Å². The van der Waals surface area contributed by atoms with E-state index in [0.717, 1.165) is 33.3 Å². The molecule has 1 aromatic carbocycles. The van der Waals surface area contributed by atoms with Crippen molar-refractivity contribution in [1.29, 1.82) is 0 Å². The number of hydrogen-bond donors (Lipinski definition) is 0. The van der Waals surface area contributed by atoms with Crippen molar-refractivity contribution in [3.63, 3.8) is 0 Å². The smallest absolute Gasteiger partial charge is 0.228 e. The number of rotatable bonds is 6. The third-order valence-electron chi connectivity index (χ3n) is 4.40. The Morgan fingerprint density at radius 2 is 2.11 bits per heavy atom. The summed E-state index contributed by atoms with van der Waals surface area (Å²) < 4.78 is 11.4. The first-order chi connectivity index (χ1) is 13.2. The number of carbonyl (C=O) groups excluding carboxylic acids is 1. The van der Waals surface area contributed by atoms with Crippen LogP contribution >= 0.6 is 22.7 Å². The summed E-state index contributed by atoms with van der Waals surface area (Å²) in [5.41, 5.74) is 2.91. The number of thiophene rings is 1. The van der Waals surface area contributed by atoms with E-state index in [1.807, 2.05) is 46.8 Å². The van der Waals surface area contributed by atoms with E-state index in [2.05, 4.69) is 10.4 Å². The molecule has 0 saturated carbocycles. The van der Waals surface area contributed by atoms with Gasteiger partial charge in [0.15, 0.2) is 11.5 Å². The number of hydrogen-bond acceptors (Lipinski definition) is 6. The lowest BCUT2D eigenvalue weighted by Crippen LogP contribution is -2.32. The molecule has 3 heterocycles. The molecule has 7 heteroatoms. The Balaban J connectivity index is 1.46. The maximum Gasteiger partial charge on any atom is 0.228 e. The first kappa shape index (κ1) is 18.0. The van der Waals surface area contributed by atoms with E-state index < -0.39 is 0 Å². The zero-order chi connectivity index (χ0) is 18.6. The maximum atomic E-state index is 12.8. The molecule has 0 fully saturated rings. The Morgan fingerprint density at radius 1 is 1.22 bits per heavy atom. The van der Waals surface area contributed by atoms with E-state index in [9.17, 15) is 4.79 Å². The van der Waals surface area contributed by atoms with E-state index in [4.69, 9.17) is 9.47 Å². The first-order valence-electron chi connectivity index (χ1n) is 8.87. The lowest BCUT2D eigenvalue weighted by Gasteiger charge is -2.25. The molecular weight excluding hydrogens is 380 g/mol. The molecule has 3 aromatic rings. The number of likely N-dealkylation sites (N-methyl/N-ethyl adjacent to an activating group) is 1. The minimum absolute atomic E-state index is 0.0639. The summed E-state index contributed by atoms with van der Waals surface area (Å²) in [6.07, 6.45) is 0.306. The van der Waals surface area contributed by atoms with Gasteiger partial charge in [0.2, 0.25) is 5.91 Å². The fourth-order valence-electron chi connectivity index (χ4n) is 3.01. The molecule has 1 aliphatic rings. The normalized spacial score (nSPS) is 12.8. The molecule has 0 spiro atoms. The van der Waals surface area contributed by atoms with Crippen LogP contribution in [0.3, 0.4) is 0 Å².